The number of carbonyl (C=O) groups excluding carboxylic acids is 2. The first-order valence-corrected chi connectivity index (χ1v) is 7.12. The molecule has 7 heteroatoms. The fourth-order valence-electron chi connectivity index (χ4n) is 2.04. The van der Waals surface area contributed by atoms with Gasteiger partial charge in [-0.3, -0.25) is 19.3 Å². The number of carbonyl (C=O) groups is 2. The van der Waals surface area contributed by atoms with Gasteiger partial charge in [0.15, 0.2) is 5.82 Å². The van der Waals surface area contributed by atoms with E-state index < -0.39 is 11.8 Å². The van der Waals surface area contributed by atoms with Crippen LogP contribution < -0.4 is 10.6 Å². The van der Waals surface area contributed by atoms with Crippen LogP contribution in [-0.4, -0.2) is 26.6 Å². The molecule has 2 rings (SSSR count). The zero-order valence-electron chi connectivity index (χ0n) is 12.6. The second kappa shape index (κ2) is 7.35. The molecule has 22 heavy (non-hydrogen) atoms. The van der Waals surface area contributed by atoms with Gasteiger partial charge in [-0.15, -0.1) is 0 Å². The number of aryl methyl sites for hydroxylation is 1. The maximum Gasteiger partial charge on any atom is 0.314 e. The summed E-state index contributed by atoms with van der Waals surface area (Å²) in [5, 5.41) is 9.17. The van der Waals surface area contributed by atoms with Gasteiger partial charge in [0, 0.05) is 25.5 Å². The van der Waals surface area contributed by atoms with Crippen LogP contribution in [0.3, 0.4) is 0 Å². The van der Waals surface area contributed by atoms with E-state index in [0.29, 0.717) is 12.2 Å². The Balaban J connectivity index is 2.00. The van der Waals surface area contributed by atoms with E-state index in [1.54, 1.807) is 30.2 Å². The number of nitrogens with zero attached hydrogens (tertiary/aromatic N) is 3. The standard InChI is InChI=1S/C15H19N5O2/c1-3-6-12(11-7-4-5-9-16-11)17-14(21)15(22)18-13-8-10-20(2)19-13/h4-5,7-10,12H,3,6H2,1-2H3,(H,17,21)(H,18,19,22)/t12-/m0/s1. The highest BCUT2D eigenvalue weighted by Crippen LogP contribution is 2.15. The molecule has 0 bridgehead atoms. The smallest absolute Gasteiger partial charge is 0.314 e. The van der Waals surface area contributed by atoms with Crippen molar-refractivity contribution in [3.8, 4) is 0 Å². The fourth-order valence-corrected chi connectivity index (χ4v) is 2.04. The minimum absolute atomic E-state index is 0.284. The van der Waals surface area contributed by atoms with Crippen molar-refractivity contribution in [2.24, 2.45) is 7.05 Å². The van der Waals surface area contributed by atoms with Crippen LogP contribution in [0.1, 0.15) is 31.5 Å². The molecule has 0 aliphatic carbocycles. The predicted molar refractivity (Wildman–Crippen MR) is 81.9 cm³/mol. The van der Waals surface area contributed by atoms with Crippen molar-refractivity contribution in [1.29, 1.82) is 0 Å². The molecule has 0 saturated carbocycles. The molecule has 0 saturated heterocycles. The topological polar surface area (TPSA) is 88.9 Å². The van der Waals surface area contributed by atoms with Crippen LogP contribution in [0, 0.1) is 0 Å². The van der Waals surface area contributed by atoms with Crippen molar-refractivity contribution in [2.75, 3.05) is 5.32 Å². The van der Waals surface area contributed by atoms with E-state index in [1.807, 2.05) is 25.1 Å². The quantitative estimate of drug-likeness (QED) is 0.817. The maximum atomic E-state index is 12.0. The number of hydrogen-bond donors (Lipinski definition) is 2. The average Bonchev–Trinajstić information content (AvgIpc) is 2.92. The number of aromatic nitrogens is 3. The van der Waals surface area contributed by atoms with Crippen molar-refractivity contribution in [2.45, 2.75) is 25.8 Å². The highest BCUT2D eigenvalue weighted by molar-refractivity contribution is 6.39. The van der Waals surface area contributed by atoms with Gasteiger partial charge in [-0.2, -0.15) is 5.10 Å². The summed E-state index contributed by atoms with van der Waals surface area (Å²) in [5.41, 5.74) is 0.739. The molecular formula is C15H19N5O2. The molecule has 2 aromatic heterocycles. The predicted octanol–water partition coefficient (Wildman–Crippen LogP) is 1.41. The van der Waals surface area contributed by atoms with Crippen LogP contribution >= 0.6 is 0 Å². The van der Waals surface area contributed by atoms with Crippen LogP contribution in [0.15, 0.2) is 36.7 Å². The van der Waals surface area contributed by atoms with Crippen molar-refractivity contribution >= 4 is 17.6 Å². The van der Waals surface area contributed by atoms with E-state index in [9.17, 15) is 9.59 Å². The van der Waals surface area contributed by atoms with Gasteiger partial charge in [0.25, 0.3) is 0 Å². The summed E-state index contributed by atoms with van der Waals surface area (Å²) in [7, 11) is 1.73. The molecule has 2 heterocycles. The summed E-state index contributed by atoms with van der Waals surface area (Å²) in [6.07, 6.45) is 4.92. The van der Waals surface area contributed by atoms with E-state index >= 15 is 0 Å². The first-order chi connectivity index (χ1) is 10.6. The van der Waals surface area contributed by atoms with Crippen LogP contribution in [-0.2, 0) is 16.6 Å². The van der Waals surface area contributed by atoms with Crippen molar-refractivity contribution < 1.29 is 9.59 Å². The van der Waals surface area contributed by atoms with E-state index in [2.05, 4.69) is 20.7 Å². The zero-order chi connectivity index (χ0) is 15.9. The molecule has 2 N–H and O–H groups in total. The number of rotatable bonds is 5. The van der Waals surface area contributed by atoms with Gasteiger partial charge in [-0.05, 0) is 18.6 Å². The Kier molecular flexibility index (Phi) is 5.24. The number of nitrogens with one attached hydrogen (secondary N) is 2. The minimum atomic E-state index is -0.740. The fraction of sp³-hybridized carbons (Fsp3) is 0.333. The lowest BCUT2D eigenvalue weighted by atomic mass is 10.1. The molecule has 2 amide bonds. The van der Waals surface area contributed by atoms with Crippen LogP contribution in [0.5, 0.6) is 0 Å². The second-order valence-corrected chi connectivity index (χ2v) is 4.90. The highest BCUT2D eigenvalue weighted by atomic mass is 16.2. The molecule has 116 valence electrons. The minimum Gasteiger partial charge on any atom is -0.339 e. The Morgan fingerprint density at radius 3 is 2.68 bits per heavy atom. The molecule has 0 aliphatic rings. The third kappa shape index (κ3) is 4.15. The number of amides is 2. The summed E-state index contributed by atoms with van der Waals surface area (Å²) in [5.74, 6) is -1.10. The Labute approximate surface area is 128 Å². The Hall–Kier alpha value is -2.70. The summed E-state index contributed by atoms with van der Waals surface area (Å²) in [6, 6.07) is 6.82. The van der Waals surface area contributed by atoms with Crippen molar-refractivity contribution in [1.82, 2.24) is 20.1 Å². The normalized spacial score (nSPS) is 11.7. The third-order valence-corrected chi connectivity index (χ3v) is 3.09. The van der Waals surface area contributed by atoms with Gasteiger partial charge in [-0.25, -0.2) is 0 Å². The SMILES string of the molecule is CCC[C@H](NC(=O)C(=O)Nc1ccn(C)n1)c1ccccn1. The summed E-state index contributed by atoms with van der Waals surface area (Å²) in [6.45, 7) is 2.01. The molecule has 0 fully saturated rings. The molecule has 0 aromatic carbocycles. The van der Waals surface area contributed by atoms with E-state index in [0.717, 1.165) is 12.1 Å². The van der Waals surface area contributed by atoms with Crippen LogP contribution in [0.25, 0.3) is 0 Å². The summed E-state index contributed by atoms with van der Waals surface area (Å²) < 4.78 is 1.54. The van der Waals surface area contributed by atoms with Crippen molar-refractivity contribution in [3.63, 3.8) is 0 Å². The number of anilines is 1. The van der Waals surface area contributed by atoms with Gasteiger partial charge < -0.3 is 10.6 Å². The summed E-state index contributed by atoms with van der Waals surface area (Å²) in [4.78, 5) is 28.2. The monoisotopic (exact) mass is 301 g/mol. The zero-order valence-corrected chi connectivity index (χ0v) is 12.6. The van der Waals surface area contributed by atoms with E-state index in [-0.39, 0.29) is 6.04 Å². The molecule has 1 atom stereocenters. The number of pyridine rings is 1. The van der Waals surface area contributed by atoms with Crippen LogP contribution in [0.2, 0.25) is 0 Å². The van der Waals surface area contributed by atoms with E-state index in [4.69, 9.17) is 0 Å². The molecule has 7 nitrogen and oxygen atoms in total. The lowest BCUT2D eigenvalue weighted by Crippen LogP contribution is -2.38. The molecule has 2 aromatic rings. The van der Waals surface area contributed by atoms with Gasteiger partial charge in [0.2, 0.25) is 0 Å². The van der Waals surface area contributed by atoms with Gasteiger partial charge >= 0.3 is 11.8 Å². The third-order valence-electron chi connectivity index (χ3n) is 3.09. The Morgan fingerprint density at radius 1 is 1.27 bits per heavy atom. The van der Waals surface area contributed by atoms with Gasteiger partial charge in [0.05, 0.1) is 11.7 Å². The average molecular weight is 301 g/mol. The second-order valence-electron chi connectivity index (χ2n) is 4.90. The lowest BCUT2D eigenvalue weighted by molar-refractivity contribution is -0.136. The van der Waals surface area contributed by atoms with Gasteiger partial charge in [-0.1, -0.05) is 19.4 Å². The maximum absolute atomic E-state index is 12.0. The van der Waals surface area contributed by atoms with Crippen LogP contribution in [0.4, 0.5) is 5.82 Å². The Morgan fingerprint density at radius 2 is 2.09 bits per heavy atom. The molecule has 0 radical (unpaired) electrons. The number of hydrogen-bond acceptors (Lipinski definition) is 4. The Bertz CT molecular complexity index is 638. The molecule has 0 unspecified atom stereocenters. The largest absolute Gasteiger partial charge is 0.339 e. The first-order valence-electron chi connectivity index (χ1n) is 7.12. The molecular weight excluding hydrogens is 282 g/mol. The van der Waals surface area contributed by atoms with E-state index in [1.165, 1.54) is 0 Å². The van der Waals surface area contributed by atoms with Crippen molar-refractivity contribution in [3.05, 3.63) is 42.4 Å². The van der Waals surface area contributed by atoms with Gasteiger partial charge in [0.1, 0.15) is 0 Å². The lowest BCUT2D eigenvalue weighted by Gasteiger charge is -2.17. The highest BCUT2D eigenvalue weighted by Gasteiger charge is 2.20. The molecule has 0 spiro atoms. The summed E-state index contributed by atoms with van der Waals surface area (Å²) >= 11 is 0. The molecule has 0 aliphatic heterocycles. The first kappa shape index (κ1) is 15.7.